The molecule has 1 saturated heterocycles. The number of ether oxygens (including phenoxy) is 1. The Morgan fingerprint density at radius 1 is 1.53 bits per heavy atom. The van der Waals surface area contributed by atoms with Gasteiger partial charge in [0.1, 0.15) is 4.21 Å². The van der Waals surface area contributed by atoms with Gasteiger partial charge >= 0.3 is 0 Å². The lowest BCUT2D eigenvalue weighted by Crippen LogP contribution is -2.45. The van der Waals surface area contributed by atoms with Crippen molar-refractivity contribution in [3.63, 3.8) is 0 Å². The van der Waals surface area contributed by atoms with E-state index in [1.807, 2.05) is 20.8 Å². The Bertz CT molecular complexity index is 546. The van der Waals surface area contributed by atoms with Crippen molar-refractivity contribution >= 4 is 37.3 Å². The zero-order valence-corrected chi connectivity index (χ0v) is 14.4. The maximum Gasteiger partial charge on any atom is 0.250 e. The summed E-state index contributed by atoms with van der Waals surface area (Å²) < 4.78 is 34.2. The summed E-state index contributed by atoms with van der Waals surface area (Å²) in [4.78, 5) is 0. The highest BCUT2D eigenvalue weighted by Gasteiger charge is 2.32. The molecule has 19 heavy (non-hydrogen) atoms. The Morgan fingerprint density at radius 2 is 2.21 bits per heavy atom. The van der Waals surface area contributed by atoms with Crippen molar-refractivity contribution in [1.82, 2.24) is 4.72 Å². The van der Waals surface area contributed by atoms with E-state index in [2.05, 4.69) is 20.7 Å². The van der Waals surface area contributed by atoms with E-state index in [1.54, 1.807) is 6.07 Å². The second kappa shape index (κ2) is 5.44. The lowest BCUT2D eigenvalue weighted by atomic mass is 9.95. The number of nitrogens with one attached hydrogen (secondary N) is 1. The molecule has 1 unspecified atom stereocenters. The first-order valence-corrected chi connectivity index (χ1v) is 9.21. The predicted octanol–water partition coefficient (Wildman–Crippen LogP) is 3.05. The fourth-order valence-corrected chi connectivity index (χ4v) is 5.69. The van der Waals surface area contributed by atoms with Crippen molar-refractivity contribution in [2.45, 2.75) is 49.5 Å². The molecule has 1 aliphatic rings. The van der Waals surface area contributed by atoms with Crippen molar-refractivity contribution in [3.05, 3.63) is 15.4 Å². The third-order valence-electron chi connectivity index (χ3n) is 3.12. The van der Waals surface area contributed by atoms with E-state index in [0.717, 1.165) is 9.35 Å². The fraction of sp³-hybridized carbons (Fsp3) is 0.667. The van der Waals surface area contributed by atoms with Crippen molar-refractivity contribution in [1.29, 1.82) is 0 Å². The van der Waals surface area contributed by atoms with Gasteiger partial charge in [0.25, 0.3) is 0 Å². The molecular weight excluding hydrogens is 350 g/mol. The van der Waals surface area contributed by atoms with Gasteiger partial charge < -0.3 is 4.74 Å². The molecule has 0 aromatic carbocycles. The predicted molar refractivity (Wildman–Crippen MR) is 80.1 cm³/mol. The topological polar surface area (TPSA) is 55.4 Å². The molecule has 108 valence electrons. The Balaban J connectivity index is 2.13. The van der Waals surface area contributed by atoms with Gasteiger partial charge in [-0.1, -0.05) is 0 Å². The maximum atomic E-state index is 12.3. The molecule has 0 saturated carbocycles. The van der Waals surface area contributed by atoms with E-state index in [-0.39, 0.29) is 11.6 Å². The smallest absolute Gasteiger partial charge is 0.250 e. The highest BCUT2D eigenvalue weighted by atomic mass is 79.9. The zero-order valence-electron chi connectivity index (χ0n) is 11.2. The molecular formula is C12H18BrNO3S2. The Hall–Kier alpha value is 0.0500. The standard InChI is InChI=1S/C12H18BrNO3S2/c1-8-6-10(18-11(8)13)19(15,16)14-9-4-5-17-12(2,3)7-9/h6,9,14H,4-5,7H2,1-3H3. The molecule has 1 fully saturated rings. The summed E-state index contributed by atoms with van der Waals surface area (Å²) in [6.07, 6.45) is 1.41. The first-order valence-electron chi connectivity index (χ1n) is 6.12. The lowest BCUT2D eigenvalue weighted by molar-refractivity contribution is -0.0599. The van der Waals surface area contributed by atoms with Crippen molar-refractivity contribution in [2.75, 3.05) is 6.61 Å². The van der Waals surface area contributed by atoms with Crippen LogP contribution in [0.2, 0.25) is 0 Å². The third-order valence-corrected chi connectivity index (χ3v) is 7.25. The van der Waals surface area contributed by atoms with Crippen LogP contribution >= 0.6 is 27.3 Å². The quantitative estimate of drug-likeness (QED) is 0.892. The monoisotopic (exact) mass is 367 g/mol. The Morgan fingerprint density at radius 3 is 2.74 bits per heavy atom. The summed E-state index contributed by atoms with van der Waals surface area (Å²) >= 11 is 4.60. The second-order valence-electron chi connectivity index (χ2n) is 5.44. The van der Waals surface area contributed by atoms with Crippen LogP contribution in [0.5, 0.6) is 0 Å². The highest BCUT2D eigenvalue weighted by Crippen LogP contribution is 2.31. The molecule has 0 amide bonds. The fourth-order valence-electron chi connectivity index (χ4n) is 2.17. The molecule has 4 nitrogen and oxygen atoms in total. The van der Waals surface area contributed by atoms with Crippen LogP contribution in [0, 0.1) is 6.92 Å². The normalized spacial score (nSPS) is 23.5. The molecule has 1 atom stereocenters. The van der Waals surface area contributed by atoms with Crippen LogP contribution < -0.4 is 4.72 Å². The SMILES string of the molecule is Cc1cc(S(=O)(=O)NC2CCOC(C)(C)C2)sc1Br. The molecule has 7 heteroatoms. The number of hydrogen-bond acceptors (Lipinski definition) is 4. The first kappa shape index (κ1) is 15.4. The number of halogens is 1. The summed E-state index contributed by atoms with van der Waals surface area (Å²) in [6.45, 7) is 6.45. The number of rotatable bonds is 3. The van der Waals surface area contributed by atoms with Gasteiger partial charge in [-0.05, 0) is 61.2 Å². The van der Waals surface area contributed by atoms with E-state index < -0.39 is 10.0 Å². The van der Waals surface area contributed by atoms with Gasteiger partial charge in [-0.25, -0.2) is 13.1 Å². The molecule has 2 heterocycles. The third kappa shape index (κ3) is 3.78. The first-order chi connectivity index (χ1) is 8.70. The summed E-state index contributed by atoms with van der Waals surface area (Å²) in [6, 6.07) is 1.64. The minimum atomic E-state index is -3.43. The molecule has 0 radical (unpaired) electrons. The van der Waals surface area contributed by atoms with Crippen LogP contribution in [-0.2, 0) is 14.8 Å². The van der Waals surface area contributed by atoms with Crippen molar-refractivity contribution < 1.29 is 13.2 Å². The van der Waals surface area contributed by atoms with E-state index in [9.17, 15) is 8.42 Å². The van der Waals surface area contributed by atoms with Gasteiger partial charge in [0.05, 0.1) is 9.39 Å². The Labute approximate surface area is 126 Å². The average molecular weight is 368 g/mol. The molecule has 0 spiro atoms. The maximum absolute atomic E-state index is 12.3. The van der Waals surface area contributed by atoms with Crippen LogP contribution in [0.4, 0.5) is 0 Å². The lowest BCUT2D eigenvalue weighted by Gasteiger charge is -2.35. The molecule has 1 aromatic heterocycles. The summed E-state index contributed by atoms with van der Waals surface area (Å²) in [5.74, 6) is 0. The van der Waals surface area contributed by atoms with Gasteiger partial charge in [0, 0.05) is 12.6 Å². The highest BCUT2D eigenvalue weighted by molar-refractivity contribution is 9.11. The van der Waals surface area contributed by atoms with Crippen LogP contribution in [0.3, 0.4) is 0 Å². The number of sulfonamides is 1. The minimum absolute atomic E-state index is 0.0602. The van der Waals surface area contributed by atoms with E-state index >= 15 is 0 Å². The van der Waals surface area contributed by atoms with E-state index in [1.165, 1.54) is 11.3 Å². The van der Waals surface area contributed by atoms with Gasteiger partial charge in [-0.15, -0.1) is 11.3 Å². The Kier molecular flexibility index (Phi) is 4.42. The summed E-state index contributed by atoms with van der Waals surface area (Å²) in [5, 5.41) is 0. The van der Waals surface area contributed by atoms with Gasteiger partial charge in [0.15, 0.2) is 0 Å². The molecule has 1 N–H and O–H groups in total. The number of aryl methyl sites for hydroxylation is 1. The summed E-state index contributed by atoms with van der Waals surface area (Å²) in [7, 11) is -3.43. The zero-order chi connectivity index (χ0) is 14.3. The molecule has 0 aliphatic carbocycles. The van der Waals surface area contributed by atoms with Gasteiger partial charge in [-0.2, -0.15) is 0 Å². The number of hydrogen-bond donors (Lipinski definition) is 1. The molecule has 0 bridgehead atoms. The van der Waals surface area contributed by atoms with E-state index in [0.29, 0.717) is 23.7 Å². The molecule has 2 rings (SSSR count). The summed E-state index contributed by atoms with van der Waals surface area (Å²) in [5.41, 5.74) is 0.676. The van der Waals surface area contributed by atoms with Crippen LogP contribution in [0.1, 0.15) is 32.3 Å². The van der Waals surface area contributed by atoms with Gasteiger partial charge in [-0.3, -0.25) is 0 Å². The van der Waals surface area contributed by atoms with Gasteiger partial charge in [0.2, 0.25) is 10.0 Å². The van der Waals surface area contributed by atoms with Crippen molar-refractivity contribution in [3.8, 4) is 0 Å². The minimum Gasteiger partial charge on any atom is -0.375 e. The number of thiophene rings is 1. The van der Waals surface area contributed by atoms with Crippen molar-refractivity contribution in [2.24, 2.45) is 0 Å². The molecule has 1 aliphatic heterocycles. The van der Waals surface area contributed by atoms with E-state index in [4.69, 9.17) is 4.74 Å². The molecule has 1 aromatic rings. The van der Waals surface area contributed by atoms with Crippen LogP contribution in [-0.4, -0.2) is 26.7 Å². The largest absolute Gasteiger partial charge is 0.375 e. The second-order valence-corrected chi connectivity index (χ2v) is 9.75. The van der Waals surface area contributed by atoms with Crippen LogP contribution in [0.25, 0.3) is 0 Å². The van der Waals surface area contributed by atoms with Crippen LogP contribution in [0.15, 0.2) is 14.1 Å². The average Bonchev–Trinajstić information content (AvgIpc) is 2.58.